The van der Waals surface area contributed by atoms with Crippen LogP contribution in [0, 0.1) is 6.92 Å². The molecule has 112 valence electrons. The number of benzene rings is 2. The third-order valence-corrected chi connectivity index (χ3v) is 3.45. The lowest BCUT2D eigenvalue weighted by Gasteiger charge is -2.21. The Labute approximate surface area is 126 Å². The van der Waals surface area contributed by atoms with Gasteiger partial charge in [-0.1, -0.05) is 29.8 Å². The third-order valence-electron chi connectivity index (χ3n) is 3.45. The lowest BCUT2D eigenvalue weighted by atomic mass is 10.1. The molecular formula is C18H23NO2. The van der Waals surface area contributed by atoms with Gasteiger partial charge in [0, 0.05) is 12.1 Å². The lowest BCUT2D eigenvalue weighted by molar-refractivity contribution is 0.264. The molecule has 0 radical (unpaired) electrons. The fourth-order valence-electron chi connectivity index (χ4n) is 2.19. The zero-order valence-electron chi connectivity index (χ0n) is 12.8. The molecule has 2 aromatic carbocycles. The van der Waals surface area contributed by atoms with Gasteiger partial charge in [0.2, 0.25) is 0 Å². The van der Waals surface area contributed by atoms with Crippen LogP contribution in [0.25, 0.3) is 0 Å². The number of nitrogens with one attached hydrogen (secondary N) is 1. The predicted octanol–water partition coefficient (Wildman–Crippen LogP) is 3.82. The van der Waals surface area contributed by atoms with Gasteiger partial charge >= 0.3 is 0 Å². The highest BCUT2D eigenvalue weighted by Gasteiger charge is 2.10. The highest BCUT2D eigenvalue weighted by molar-refractivity contribution is 5.28. The van der Waals surface area contributed by atoms with Gasteiger partial charge in [0.25, 0.3) is 0 Å². The molecule has 0 saturated heterocycles. The summed E-state index contributed by atoms with van der Waals surface area (Å²) in [5.41, 5.74) is 2.38. The first-order valence-corrected chi connectivity index (χ1v) is 7.29. The SMILES string of the molecule is Cc1ccc(OCC(C)NC(C)c2ccc(O)cc2)cc1. The Balaban J connectivity index is 1.82. The van der Waals surface area contributed by atoms with E-state index in [9.17, 15) is 5.11 Å². The first-order valence-electron chi connectivity index (χ1n) is 7.29. The van der Waals surface area contributed by atoms with Crippen molar-refractivity contribution in [3.05, 3.63) is 59.7 Å². The van der Waals surface area contributed by atoms with E-state index in [1.54, 1.807) is 12.1 Å². The van der Waals surface area contributed by atoms with Gasteiger partial charge in [-0.15, -0.1) is 0 Å². The van der Waals surface area contributed by atoms with E-state index < -0.39 is 0 Å². The van der Waals surface area contributed by atoms with Crippen LogP contribution in [-0.2, 0) is 0 Å². The monoisotopic (exact) mass is 285 g/mol. The van der Waals surface area contributed by atoms with E-state index in [0.29, 0.717) is 12.4 Å². The van der Waals surface area contributed by atoms with Crippen molar-refractivity contribution in [3.63, 3.8) is 0 Å². The molecule has 0 aliphatic rings. The number of hydrogen-bond acceptors (Lipinski definition) is 3. The number of hydrogen-bond donors (Lipinski definition) is 2. The maximum absolute atomic E-state index is 9.31. The molecule has 3 heteroatoms. The Bertz CT molecular complexity index is 548. The average Bonchev–Trinajstić information content (AvgIpc) is 2.47. The second kappa shape index (κ2) is 7.14. The van der Waals surface area contributed by atoms with Gasteiger partial charge in [-0.05, 0) is 50.6 Å². The standard InChI is InChI=1S/C18H23NO2/c1-13-4-10-18(11-5-13)21-12-14(2)19-15(3)16-6-8-17(20)9-7-16/h4-11,14-15,19-20H,12H2,1-3H3. The van der Waals surface area contributed by atoms with Crippen LogP contribution in [0.1, 0.15) is 31.0 Å². The molecule has 2 unspecified atom stereocenters. The van der Waals surface area contributed by atoms with Crippen molar-refractivity contribution in [1.29, 1.82) is 0 Å². The molecule has 2 rings (SSSR count). The summed E-state index contributed by atoms with van der Waals surface area (Å²) in [6.07, 6.45) is 0. The van der Waals surface area contributed by atoms with Crippen LogP contribution in [0.3, 0.4) is 0 Å². The lowest BCUT2D eigenvalue weighted by Crippen LogP contribution is -2.33. The molecule has 0 aliphatic carbocycles. The van der Waals surface area contributed by atoms with Crippen LogP contribution >= 0.6 is 0 Å². The van der Waals surface area contributed by atoms with E-state index in [2.05, 4.69) is 26.1 Å². The molecule has 2 aromatic rings. The molecule has 3 nitrogen and oxygen atoms in total. The first kappa shape index (κ1) is 15.4. The van der Waals surface area contributed by atoms with E-state index in [1.165, 1.54) is 5.56 Å². The molecular weight excluding hydrogens is 262 g/mol. The maximum Gasteiger partial charge on any atom is 0.119 e. The zero-order valence-corrected chi connectivity index (χ0v) is 12.8. The first-order chi connectivity index (χ1) is 10.0. The summed E-state index contributed by atoms with van der Waals surface area (Å²) < 4.78 is 5.78. The molecule has 0 bridgehead atoms. The van der Waals surface area contributed by atoms with Gasteiger partial charge in [0.05, 0.1) is 0 Å². The third kappa shape index (κ3) is 4.80. The summed E-state index contributed by atoms with van der Waals surface area (Å²) in [6.45, 7) is 6.89. The quantitative estimate of drug-likeness (QED) is 0.848. The minimum absolute atomic E-state index is 0.210. The Morgan fingerprint density at radius 2 is 1.62 bits per heavy atom. The Morgan fingerprint density at radius 3 is 2.24 bits per heavy atom. The fraction of sp³-hybridized carbons (Fsp3) is 0.333. The van der Waals surface area contributed by atoms with E-state index in [1.807, 2.05) is 36.4 Å². The van der Waals surface area contributed by atoms with Gasteiger partial charge in [-0.2, -0.15) is 0 Å². The van der Waals surface area contributed by atoms with Crippen molar-refractivity contribution < 1.29 is 9.84 Å². The van der Waals surface area contributed by atoms with Gasteiger partial charge in [0.15, 0.2) is 0 Å². The molecule has 2 N–H and O–H groups in total. The summed E-state index contributed by atoms with van der Waals surface area (Å²) >= 11 is 0. The molecule has 0 amide bonds. The largest absolute Gasteiger partial charge is 0.508 e. The number of phenolic OH excluding ortho intramolecular Hbond substituents is 1. The Morgan fingerprint density at radius 1 is 1.00 bits per heavy atom. The van der Waals surface area contributed by atoms with Crippen molar-refractivity contribution in [2.24, 2.45) is 0 Å². The molecule has 0 fully saturated rings. The molecule has 2 atom stereocenters. The predicted molar refractivity (Wildman–Crippen MR) is 85.8 cm³/mol. The van der Waals surface area contributed by atoms with Crippen LogP contribution in [0.5, 0.6) is 11.5 Å². The summed E-state index contributed by atoms with van der Waals surface area (Å²) in [7, 11) is 0. The van der Waals surface area contributed by atoms with Crippen molar-refractivity contribution in [3.8, 4) is 11.5 Å². The topological polar surface area (TPSA) is 41.5 Å². The number of aryl methyl sites for hydroxylation is 1. The van der Waals surface area contributed by atoms with Crippen LogP contribution in [0.4, 0.5) is 0 Å². The number of ether oxygens (including phenoxy) is 1. The zero-order chi connectivity index (χ0) is 15.2. The summed E-state index contributed by atoms with van der Waals surface area (Å²) in [6, 6.07) is 15.8. The molecule has 0 heterocycles. The molecule has 21 heavy (non-hydrogen) atoms. The van der Waals surface area contributed by atoms with Crippen molar-refractivity contribution in [1.82, 2.24) is 5.32 Å². The summed E-state index contributed by atoms with van der Waals surface area (Å²) in [4.78, 5) is 0. The van der Waals surface area contributed by atoms with Gasteiger partial charge < -0.3 is 15.2 Å². The summed E-state index contributed by atoms with van der Waals surface area (Å²) in [5.74, 6) is 1.19. The normalized spacial score (nSPS) is 13.7. The van der Waals surface area contributed by atoms with Crippen LogP contribution in [-0.4, -0.2) is 17.8 Å². The second-order valence-electron chi connectivity index (χ2n) is 5.50. The Kier molecular flexibility index (Phi) is 5.23. The van der Waals surface area contributed by atoms with Crippen LogP contribution < -0.4 is 10.1 Å². The highest BCUT2D eigenvalue weighted by atomic mass is 16.5. The van der Waals surface area contributed by atoms with Gasteiger partial charge in [-0.25, -0.2) is 0 Å². The molecule has 0 aliphatic heterocycles. The number of rotatable bonds is 6. The second-order valence-corrected chi connectivity index (χ2v) is 5.50. The maximum atomic E-state index is 9.31. The van der Waals surface area contributed by atoms with E-state index >= 15 is 0 Å². The van der Waals surface area contributed by atoms with Crippen LogP contribution in [0.15, 0.2) is 48.5 Å². The molecule has 0 spiro atoms. The fourth-order valence-corrected chi connectivity index (χ4v) is 2.19. The Hall–Kier alpha value is -2.00. The summed E-state index contributed by atoms with van der Waals surface area (Å²) in [5, 5.41) is 12.8. The van der Waals surface area contributed by atoms with E-state index in [-0.39, 0.29) is 12.1 Å². The van der Waals surface area contributed by atoms with E-state index in [0.717, 1.165) is 11.3 Å². The van der Waals surface area contributed by atoms with Crippen molar-refractivity contribution in [2.75, 3.05) is 6.61 Å². The van der Waals surface area contributed by atoms with Gasteiger partial charge in [-0.3, -0.25) is 0 Å². The highest BCUT2D eigenvalue weighted by Crippen LogP contribution is 2.17. The van der Waals surface area contributed by atoms with Crippen LogP contribution in [0.2, 0.25) is 0 Å². The van der Waals surface area contributed by atoms with Gasteiger partial charge in [0.1, 0.15) is 18.1 Å². The van der Waals surface area contributed by atoms with Crippen molar-refractivity contribution in [2.45, 2.75) is 32.9 Å². The minimum atomic E-state index is 0.210. The average molecular weight is 285 g/mol. The van der Waals surface area contributed by atoms with Crippen molar-refractivity contribution >= 4 is 0 Å². The molecule has 0 saturated carbocycles. The number of aromatic hydroxyl groups is 1. The van der Waals surface area contributed by atoms with E-state index in [4.69, 9.17) is 4.74 Å². The molecule has 0 aromatic heterocycles. The minimum Gasteiger partial charge on any atom is -0.508 e. The smallest absolute Gasteiger partial charge is 0.119 e. The number of phenols is 1.